The number of para-hydroxylation sites is 1. The molecular formula is C13H19O+. The van der Waals surface area contributed by atoms with Gasteiger partial charge < -0.3 is 4.37 Å². The Bertz CT molecular complexity index is 262. The predicted octanol–water partition coefficient (Wildman–Crippen LogP) is 3.91. The SMILES string of the molecule is C[O+](c1ccccc1)C1CCCCC1. The van der Waals surface area contributed by atoms with E-state index >= 15 is 0 Å². The summed E-state index contributed by atoms with van der Waals surface area (Å²) < 4.78 is 3.29. The van der Waals surface area contributed by atoms with Gasteiger partial charge in [0.2, 0.25) is 0 Å². The Morgan fingerprint density at radius 3 is 2.29 bits per heavy atom. The second-order valence-electron chi connectivity index (χ2n) is 4.13. The first-order valence-electron chi connectivity index (χ1n) is 5.58. The van der Waals surface area contributed by atoms with Crippen LogP contribution in [-0.2, 0) is 4.37 Å². The molecule has 0 aliphatic heterocycles. The Kier molecular flexibility index (Phi) is 3.07. The van der Waals surface area contributed by atoms with Crippen molar-refractivity contribution in [3.63, 3.8) is 0 Å². The third-order valence-electron chi connectivity index (χ3n) is 3.17. The summed E-state index contributed by atoms with van der Waals surface area (Å²) in [6.07, 6.45) is 7.53. The van der Waals surface area contributed by atoms with Gasteiger partial charge in [0.05, 0.1) is 0 Å². The van der Waals surface area contributed by atoms with Gasteiger partial charge >= 0.3 is 0 Å². The Labute approximate surface area is 86.4 Å². The van der Waals surface area contributed by atoms with Crippen molar-refractivity contribution in [3.8, 4) is 5.75 Å². The van der Waals surface area contributed by atoms with Crippen LogP contribution in [0.2, 0.25) is 0 Å². The van der Waals surface area contributed by atoms with E-state index in [2.05, 4.69) is 41.8 Å². The Morgan fingerprint density at radius 1 is 1.00 bits per heavy atom. The molecular weight excluding hydrogens is 172 g/mol. The molecule has 1 aromatic rings. The highest BCUT2D eigenvalue weighted by atomic mass is 16.7. The average molecular weight is 191 g/mol. The summed E-state index contributed by atoms with van der Waals surface area (Å²) in [7, 11) is 2.14. The number of rotatable bonds is 2. The first kappa shape index (κ1) is 9.57. The van der Waals surface area contributed by atoms with E-state index in [-0.39, 0.29) is 0 Å². The molecule has 0 N–H and O–H groups in total. The lowest BCUT2D eigenvalue weighted by atomic mass is 9.97. The largest absolute Gasteiger partial charge is 0.572 e. The number of hydrogen-bond donors (Lipinski definition) is 0. The van der Waals surface area contributed by atoms with Crippen LogP contribution < -0.4 is 0 Å². The lowest BCUT2D eigenvalue weighted by molar-refractivity contribution is -0.0907. The lowest BCUT2D eigenvalue weighted by Gasteiger charge is -2.31. The highest BCUT2D eigenvalue weighted by Gasteiger charge is 2.23. The van der Waals surface area contributed by atoms with Crippen molar-refractivity contribution in [2.45, 2.75) is 38.2 Å². The molecule has 76 valence electrons. The third-order valence-corrected chi connectivity index (χ3v) is 3.17. The van der Waals surface area contributed by atoms with Crippen LogP contribution in [0.4, 0.5) is 0 Å². The van der Waals surface area contributed by atoms with Crippen LogP contribution in [0.25, 0.3) is 0 Å². The summed E-state index contributed by atoms with van der Waals surface area (Å²) in [6, 6.07) is 10.6. The van der Waals surface area contributed by atoms with Crippen LogP contribution in [-0.4, -0.2) is 13.2 Å². The molecule has 0 atom stereocenters. The van der Waals surface area contributed by atoms with E-state index in [9.17, 15) is 0 Å². The van der Waals surface area contributed by atoms with Crippen LogP contribution in [0.5, 0.6) is 5.75 Å². The van der Waals surface area contributed by atoms with Gasteiger partial charge in [-0.3, -0.25) is 0 Å². The number of benzene rings is 1. The maximum atomic E-state index is 3.29. The second-order valence-corrected chi connectivity index (χ2v) is 4.13. The van der Waals surface area contributed by atoms with Crippen LogP contribution >= 0.6 is 0 Å². The molecule has 1 fully saturated rings. The summed E-state index contributed by atoms with van der Waals surface area (Å²) in [4.78, 5) is 0. The monoisotopic (exact) mass is 191 g/mol. The van der Waals surface area contributed by atoms with Crippen LogP contribution in [0, 0.1) is 0 Å². The molecule has 0 spiro atoms. The average Bonchev–Trinajstić information content (AvgIpc) is 2.30. The maximum absolute atomic E-state index is 3.29. The van der Waals surface area contributed by atoms with Crippen LogP contribution in [0.3, 0.4) is 0 Å². The van der Waals surface area contributed by atoms with Gasteiger partial charge in [0.15, 0.2) is 13.2 Å². The zero-order chi connectivity index (χ0) is 9.80. The minimum atomic E-state index is 0.686. The molecule has 1 heteroatoms. The van der Waals surface area contributed by atoms with Crippen LogP contribution in [0.1, 0.15) is 32.1 Å². The predicted molar refractivity (Wildman–Crippen MR) is 59.8 cm³/mol. The molecule has 0 aromatic heterocycles. The van der Waals surface area contributed by atoms with E-state index in [0.717, 1.165) is 0 Å². The van der Waals surface area contributed by atoms with Gasteiger partial charge in [-0.25, -0.2) is 0 Å². The topological polar surface area (TPSA) is 2.70 Å². The normalized spacial score (nSPS) is 18.1. The summed E-state index contributed by atoms with van der Waals surface area (Å²) >= 11 is 0. The van der Waals surface area contributed by atoms with E-state index in [1.165, 1.54) is 37.9 Å². The summed E-state index contributed by atoms with van der Waals surface area (Å²) in [6.45, 7) is 0. The van der Waals surface area contributed by atoms with Crippen molar-refractivity contribution >= 4 is 0 Å². The van der Waals surface area contributed by atoms with E-state index in [1.54, 1.807) is 0 Å². The fraction of sp³-hybridized carbons (Fsp3) is 0.538. The Balaban J connectivity index is 2.03. The quantitative estimate of drug-likeness (QED) is 0.623. The standard InChI is InChI=1S/C13H19O/c1-14(12-8-4-2-5-9-12)13-10-6-3-7-11-13/h2,4-5,8-9,13H,3,6-7,10-11H2,1H3/q+1. The highest BCUT2D eigenvalue weighted by Crippen LogP contribution is 2.32. The molecule has 0 unspecified atom stereocenters. The first-order chi connectivity index (χ1) is 6.88. The fourth-order valence-corrected chi connectivity index (χ4v) is 2.25. The zero-order valence-electron chi connectivity index (χ0n) is 8.91. The maximum Gasteiger partial charge on any atom is 0.255 e. The number of hydrogen-bond acceptors (Lipinski definition) is 0. The fourth-order valence-electron chi connectivity index (χ4n) is 2.25. The lowest BCUT2D eigenvalue weighted by Crippen LogP contribution is -2.22. The van der Waals surface area contributed by atoms with Gasteiger partial charge in [-0.1, -0.05) is 24.6 Å². The summed E-state index contributed by atoms with van der Waals surface area (Å²) in [5.74, 6) is 1.28. The molecule has 2 rings (SSSR count). The first-order valence-corrected chi connectivity index (χ1v) is 5.58. The van der Waals surface area contributed by atoms with Gasteiger partial charge in [0, 0.05) is 25.0 Å². The minimum Gasteiger partial charge on any atom is -0.572 e. The molecule has 0 saturated heterocycles. The third kappa shape index (κ3) is 2.09. The van der Waals surface area contributed by atoms with Crippen LogP contribution in [0.15, 0.2) is 30.3 Å². The molecule has 1 nitrogen and oxygen atoms in total. The van der Waals surface area contributed by atoms with Crippen molar-refractivity contribution in [1.82, 2.24) is 0 Å². The summed E-state index contributed by atoms with van der Waals surface area (Å²) in [5, 5.41) is 0. The van der Waals surface area contributed by atoms with Gasteiger partial charge in [0.1, 0.15) is 0 Å². The summed E-state index contributed by atoms with van der Waals surface area (Å²) in [5.41, 5.74) is 0. The van der Waals surface area contributed by atoms with Crippen molar-refractivity contribution < 1.29 is 4.37 Å². The van der Waals surface area contributed by atoms with E-state index in [0.29, 0.717) is 6.10 Å². The van der Waals surface area contributed by atoms with Crippen molar-refractivity contribution in [3.05, 3.63) is 30.3 Å². The van der Waals surface area contributed by atoms with E-state index in [1.807, 2.05) is 0 Å². The molecule has 0 heterocycles. The molecule has 0 amide bonds. The van der Waals surface area contributed by atoms with E-state index in [4.69, 9.17) is 0 Å². The molecule has 14 heavy (non-hydrogen) atoms. The van der Waals surface area contributed by atoms with Crippen molar-refractivity contribution in [2.24, 2.45) is 0 Å². The molecule has 1 aliphatic carbocycles. The minimum absolute atomic E-state index is 0.686. The molecule has 0 radical (unpaired) electrons. The highest BCUT2D eigenvalue weighted by molar-refractivity contribution is 5.22. The Morgan fingerprint density at radius 2 is 1.64 bits per heavy atom. The van der Waals surface area contributed by atoms with Crippen molar-refractivity contribution in [2.75, 3.05) is 7.11 Å². The van der Waals surface area contributed by atoms with Gasteiger partial charge in [-0.05, 0) is 12.8 Å². The van der Waals surface area contributed by atoms with Crippen molar-refractivity contribution in [1.29, 1.82) is 0 Å². The molecule has 1 saturated carbocycles. The van der Waals surface area contributed by atoms with Gasteiger partial charge in [0.25, 0.3) is 5.75 Å². The zero-order valence-corrected chi connectivity index (χ0v) is 8.91. The van der Waals surface area contributed by atoms with Gasteiger partial charge in [-0.15, -0.1) is 0 Å². The van der Waals surface area contributed by atoms with E-state index < -0.39 is 0 Å². The molecule has 0 bridgehead atoms. The second kappa shape index (κ2) is 4.50. The molecule has 1 aromatic carbocycles. The van der Waals surface area contributed by atoms with Gasteiger partial charge in [-0.2, -0.15) is 0 Å². The Hall–Kier alpha value is -0.980. The smallest absolute Gasteiger partial charge is 0.255 e. The molecule has 1 aliphatic rings.